The minimum atomic E-state index is -0.490. The third-order valence-corrected chi connectivity index (χ3v) is 4.35. The second-order valence-electron chi connectivity index (χ2n) is 6.00. The fourth-order valence-electron chi connectivity index (χ4n) is 2.99. The molecule has 1 fully saturated rings. The lowest BCUT2D eigenvalue weighted by Crippen LogP contribution is -2.37. The normalized spacial score (nSPS) is 14.7. The lowest BCUT2D eigenvalue weighted by Gasteiger charge is -2.22. The van der Waals surface area contributed by atoms with Gasteiger partial charge in [0.1, 0.15) is 17.3 Å². The van der Waals surface area contributed by atoms with Gasteiger partial charge >= 0.3 is 0 Å². The highest BCUT2D eigenvalue weighted by Crippen LogP contribution is 2.22. The number of aromatic nitrogens is 1. The predicted molar refractivity (Wildman–Crippen MR) is 93.6 cm³/mol. The number of hydrogen-bond donors (Lipinski definition) is 0. The monoisotopic (exact) mass is 357 g/mol. The zero-order valence-corrected chi connectivity index (χ0v) is 14.5. The van der Waals surface area contributed by atoms with Gasteiger partial charge in [0.25, 0.3) is 11.8 Å². The molecule has 1 aliphatic rings. The van der Waals surface area contributed by atoms with Crippen molar-refractivity contribution in [2.24, 2.45) is 0 Å². The average Bonchev–Trinajstić information content (AvgIpc) is 2.93. The Kier molecular flexibility index (Phi) is 5.46. The summed E-state index contributed by atoms with van der Waals surface area (Å²) in [7, 11) is 1.44. The minimum absolute atomic E-state index is 0.150. The van der Waals surface area contributed by atoms with Crippen molar-refractivity contribution in [1.82, 2.24) is 14.8 Å². The van der Waals surface area contributed by atoms with Gasteiger partial charge in [-0.15, -0.1) is 0 Å². The Morgan fingerprint density at radius 2 is 1.77 bits per heavy atom. The molecule has 0 saturated carbocycles. The number of hydrogen-bond acceptors (Lipinski definition) is 4. The molecule has 136 valence electrons. The molecule has 2 amide bonds. The van der Waals surface area contributed by atoms with Gasteiger partial charge < -0.3 is 14.5 Å². The van der Waals surface area contributed by atoms with Crippen molar-refractivity contribution in [2.45, 2.75) is 6.42 Å². The Hall–Kier alpha value is -2.96. The molecule has 0 unspecified atom stereocenters. The maximum Gasteiger partial charge on any atom is 0.272 e. The average molecular weight is 357 g/mol. The molecule has 7 heteroatoms. The second kappa shape index (κ2) is 7.95. The SMILES string of the molecule is COc1ccc(F)cc1C(=O)N1CCCN(C(=O)c2ccccn2)CC1. The van der Waals surface area contributed by atoms with E-state index in [4.69, 9.17) is 4.74 Å². The maximum absolute atomic E-state index is 13.6. The van der Waals surface area contributed by atoms with E-state index in [0.717, 1.165) is 0 Å². The summed E-state index contributed by atoms with van der Waals surface area (Å²) in [6.07, 6.45) is 2.22. The molecule has 0 bridgehead atoms. The molecule has 1 saturated heterocycles. The Labute approximate surface area is 151 Å². The van der Waals surface area contributed by atoms with Crippen molar-refractivity contribution >= 4 is 11.8 Å². The summed E-state index contributed by atoms with van der Waals surface area (Å²) in [5, 5.41) is 0. The molecule has 1 aliphatic heterocycles. The number of methoxy groups -OCH3 is 1. The molecule has 0 atom stereocenters. The molecule has 3 rings (SSSR count). The predicted octanol–water partition coefficient (Wildman–Crippen LogP) is 2.22. The number of halogens is 1. The molecule has 1 aromatic carbocycles. The van der Waals surface area contributed by atoms with E-state index in [1.165, 1.54) is 25.3 Å². The Bertz CT molecular complexity index is 798. The molecule has 6 nitrogen and oxygen atoms in total. The van der Waals surface area contributed by atoms with E-state index in [-0.39, 0.29) is 17.4 Å². The van der Waals surface area contributed by atoms with Crippen LogP contribution in [0.25, 0.3) is 0 Å². The van der Waals surface area contributed by atoms with Gasteiger partial charge in [-0.2, -0.15) is 0 Å². The van der Waals surface area contributed by atoms with Crippen LogP contribution in [0.15, 0.2) is 42.6 Å². The summed E-state index contributed by atoms with van der Waals surface area (Å²) >= 11 is 0. The van der Waals surface area contributed by atoms with E-state index in [1.54, 1.807) is 34.2 Å². The van der Waals surface area contributed by atoms with Crippen LogP contribution >= 0.6 is 0 Å². The fraction of sp³-hybridized carbons (Fsp3) is 0.316. The first-order valence-corrected chi connectivity index (χ1v) is 8.43. The van der Waals surface area contributed by atoms with Crippen molar-refractivity contribution in [1.29, 1.82) is 0 Å². The first-order chi connectivity index (χ1) is 12.6. The van der Waals surface area contributed by atoms with Crippen molar-refractivity contribution < 1.29 is 18.7 Å². The van der Waals surface area contributed by atoms with Crippen molar-refractivity contribution in [3.63, 3.8) is 0 Å². The highest BCUT2D eigenvalue weighted by molar-refractivity contribution is 5.97. The number of nitrogens with zero attached hydrogens (tertiary/aromatic N) is 3. The minimum Gasteiger partial charge on any atom is -0.496 e. The molecule has 0 aliphatic carbocycles. The number of pyridine rings is 1. The van der Waals surface area contributed by atoms with Crippen LogP contribution in [0.5, 0.6) is 5.75 Å². The van der Waals surface area contributed by atoms with E-state index in [0.29, 0.717) is 44.0 Å². The van der Waals surface area contributed by atoms with Crippen LogP contribution < -0.4 is 4.74 Å². The van der Waals surface area contributed by atoms with Crippen molar-refractivity contribution in [3.8, 4) is 5.75 Å². The van der Waals surface area contributed by atoms with Gasteiger partial charge in [-0.25, -0.2) is 4.39 Å². The van der Waals surface area contributed by atoms with E-state index in [1.807, 2.05) is 0 Å². The van der Waals surface area contributed by atoms with Crippen LogP contribution in [-0.4, -0.2) is 59.9 Å². The summed E-state index contributed by atoms with van der Waals surface area (Å²) in [6.45, 7) is 1.81. The van der Waals surface area contributed by atoms with Gasteiger partial charge in [-0.3, -0.25) is 14.6 Å². The third kappa shape index (κ3) is 3.82. The number of benzene rings is 1. The van der Waals surface area contributed by atoms with Crippen LogP contribution in [0.1, 0.15) is 27.3 Å². The molecule has 26 heavy (non-hydrogen) atoms. The standard InChI is InChI=1S/C19H20FN3O3/c1-26-17-7-6-14(20)13-15(17)18(24)22-9-4-10-23(12-11-22)19(25)16-5-2-3-8-21-16/h2-3,5-8,13H,4,9-12H2,1H3. The van der Waals surface area contributed by atoms with Crippen LogP contribution in [0.3, 0.4) is 0 Å². The van der Waals surface area contributed by atoms with E-state index in [9.17, 15) is 14.0 Å². The molecule has 0 radical (unpaired) electrons. The smallest absolute Gasteiger partial charge is 0.272 e. The second-order valence-corrected chi connectivity index (χ2v) is 6.00. The Morgan fingerprint density at radius 1 is 1.04 bits per heavy atom. The zero-order chi connectivity index (χ0) is 18.5. The van der Waals surface area contributed by atoms with Gasteiger partial charge in [0.05, 0.1) is 12.7 Å². The number of carbonyl (C=O) groups is 2. The van der Waals surface area contributed by atoms with E-state index >= 15 is 0 Å². The van der Waals surface area contributed by atoms with Crippen LogP contribution in [0.2, 0.25) is 0 Å². The Morgan fingerprint density at radius 3 is 2.42 bits per heavy atom. The molecular formula is C19H20FN3O3. The van der Waals surface area contributed by atoms with Crippen molar-refractivity contribution in [2.75, 3.05) is 33.3 Å². The third-order valence-electron chi connectivity index (χ3n) is 4.35. The molecule has 2 aromatic rings. The first-order valence-electron chi connectivity index (χ1n) is 8.43. The zero-order valence-electron chi connectivity index (χ0n) is 14.5. The van der Waals surface area contributed by atoms with E-state index < -0.39 is 5.82 Å². The van der Waals surface area contributed by atoms with Crippen LogP contribution in [0, 0.1) is 5.82 Å². The van der Waals surface area contributed by atoms with Gasteiger partial charge in [-0.05, 0) is 36.8 Å². The molecule has 0 spiro atoms. The Balaban J connectivity index is 1.72. The lowest BCUT2D eigenvalue weighted by atomic mass is 10.1. The first kappa shape index (κ1) is 17.8. The quantitative estimate of drug-likeness (QED) is 0.845. The van der Waals surface area contributed by atoms with Gasteiger partial charge in [0.15, 0.2) is 0 Å². The summed E-state index contributed by atoms with van der Waals surface area (Å²) < 4.78 is 18.7. The molecule has 0 N–H and O–H groups in total. The maximum atomic E-state index is 13.6. The molecular weight excluding hydrogens is 337 g/mol. The number of ether oxygens (including phenoxy) is 1. The number of amides is 2. The number of rotatable bonds is 3. The number of carbonyl (C=O) groups excluding carboxylic acids is 2. The summed E-state index contributed by atoms with van der Waals surface area (Å²) in [5.41, 5.74) is 0.580. The summed E-state index contributed by atoms with van der Waals surface area (Å²) in [5.74, 6) is -0.602. The summed E-state index contributed by atoms with van der Waals surface area (Å²) in [4.78, 5) is 32.7. The van der Waals surface area contributed by atoms with Gasteiger partial charge in [0.2, 0.25) is 0 Å². The molecule has 2 heterocycles. The van der Waals surface area contributed by atoms with Crippen molar-refractivity contribution in [3.05, 3.63) is 59.7 Å². The van der Waals surface area contributed by atoms with Gasteiger partial charge in [0, 0.05) is 32.4 Å². The highest BCUT2D eigenvalue weighted by Gasteiger charge is 2.25. The molecule has 1 aromatic heterocycles. The lowest BCUT2D eigenvalue weighted by molar-refractivity contribution is 0.0713. The van der Waals surface area contributed by atoms with Gasteiger partial charge in [-0.1, -0.05) is 6.07 Å². The van der Waals surface area contributed by atoms with Crippen LogP contribution in [0.4, 0.5) is 4.39 Å². The summed E-state index contributed by atoms with van der Waals surface area (Å²) in [6, 6.07) is 9.08. The fourth-order valence-corrected chi connectivity index (χ4v) is 2.99. The van der Waals surface area contributed by atoms with Crippen LogP contribution in [-0.2, 0) is 0 Å². The largest absolute Gasteiger partial charge is 0.496 e. The topological polar surface area (TPSA) is 62.7 Å². The van der Waals surface area contributed by atoms with E-state index in [2.05, 4.69) is 4.98 Å². The highest BCUT2D eigenvalue weighted by atomic mass is 19.1.